The first-order chi connectivity index (χ1) is 8.24. The maximum Gasteiger partial charge on any atom is 0.0829 e. The quantitative estimate of drug-likeness (QED) is 0.737. The number of hydrogen-bond donors (Lipinski definition) is 0. The van der Waals surface area contributed by atoms with Gasteiger partial charge < -0.3 is 14.5 Å². The number of likely N-dealkylation sites (tertiary alicyclic amines) is 1. The molecule has 0 bridgehead atoms. The van der Waals surface area contributed by atoms with E-state index in [0.29, 0.717) is 6.10 Å². The Labute approximate surface area is 107 Å². The second-order valence-electron chi connectivity index (χ2n) is 5.24. The second kappa shape index (κ2) is 8.06. The maximum absolute atomic E-state index is 5.79. The zero-order valence-electron chi connectivity index (χ0n) is 12.1. The van der Waals surface area contributed by atoms with Crippen LogP contribution in [0.1, 0.15) is 33.6 Å². The zero-order valence-corrected chi connectivity index (χ0v) is 12.1. The summed E-state index contributed by atoms with van der Waals surface area (Å²) in [6.07, 6.45) is 3.17. The highest BCUT2D eigenvalue weighted by Gasteiger charge is 2.22. The molecule has 2 aliphatic heterocycles. The molecule has 0 saturated carbocycles. The Bertz CT molecular complexity index is 191. The summed E-state index contributed by atoms with van der Waals surface area (Å²) >= 11 is 0. The third kappa shape index (κ3) is 5.36. The number of hydrogen-bond acceptors (Lipinski definition) is 3. The Kier molecular flexibility index (Phi) is 7.09. The maximum atomic E-state index is 5.79. The van der Waals surface area contributed by atoms with Crippen LogP contribution in [0.3, 0.4) is 0 Å². The lowest BCUT2D eigenvalue weighted by Crippen LogP contribution is -2.47. The minimum Gasteiger partial charge on any atom is -0.374 e. The fourth-order valence-electron chi connectivity index (χ4n) is 2.51. The summed E-state index contributed by atoms with van der Waals surface area (Å²) in [6, 6.07) is 0. The third-order valence-corrected chi connectivity index (χ3v) is 3.68. The number of morpholine rings is 1. The molecule has 102 valence electrons. The lowest BCUT2D eigenvalue weighted by molar-refractivity contribution is -0.0390. The van der Waals surface area contributed by atoms with Gasteiger partial charge >= 0.3 is 0 Å². The van der Waals surface area contributed by atoms with Crippen LogP contribution in [0.5, 0.6) is 0 Å². The fourth-order valence-corrected chi connectivity index (χ4v) is 2.51. The predicted octanol–water partition coefficient (Wildman–Crippen LogP) is 2.08. The summed E-state index contributed by atoms with van der Waals surface area (Å²) < 4.78 is 5.79. The number of nitrogens with zero attached hydrogens (tertiary/aromatic N) is 2. The number of rotatable bonds is 2. The van der Waals surface area contributed by atoms with Gasteiger partial charge in [-0.2, -0.15) is 0 Å². The molecular formula is C14H30N2O. The van der Waals surface area contributed by atoms with Gasteiger partial charge in [0, 0.05) is 19.6 Å². The normalized spacial score (nSPS) is 28.6. The van der Waals surface area contributed by atoms with Gasteiger partial charge in [-0.15, -0.1) is 0 Å². The number of likely N-dealkylation sites (N-methyl/N-ethyl adjacent to an activating group) is 1. The van der Waals surface area contributed by atoms with Gasteiger partial charge in [0.1, 0.15) is 0 Å². The lowest BCUT2D eigenvalue weighted by atomic mass is 9.99. The highest BCUT2D eigenvalue weighted by atomic mass is 16.5. The smallest absolute Gasteiger partial charge is 0.0829 e. The molecule has 1 unspecified atom stereocenters. The van der Waals surface area contributed by atoms with Gasteiger partial charge in [0.25, 0.3) is 0 Å². The van der Waals surface area contributed by atoms with Crippen molar-refractivity contribution in [3.8, 4) is 0 Å². The minimum absolute atomic E-state index is 0.442. The fraction of sp³-hybridized carbons (Fsp3) is 1.00. The van der Waals surface area contributed by atoms with Gasteiger partial charge in [-0.1, -0.05) is 20.8 Å². The molecule has 0 aliphatic carbocycles. The van der Waals surface area contributed by atoms with Crippen molar-refractivity contribution in [2.24, 2.45) is 5.92 Å². The van der Waals surface area contributed by atoms with E-state index in [1.54, 1.807) is 0 Å². The van der Waals surface area contributed by atoms with Gasteiger partial charge in [0.05, 0.1) is 12.7 Å². The van der Waals surface area contributed by atoms with Gasteiger partial charge in [0.15, 0.2) is 0 Å². The molecular weight excluding hydrogens is 212 g/mol. The topological polar surface area (TPSA) is 15.7 Å². The first-order valence-electron chi connectivity index (χ1n) is 7.26. The molecule has 0 aromatic carbocycles. The van der Waals surface area contributed by atoms with Gasteiger partial charge in [-0.05, 0) is 38.9 Å². The summed E-state index contributed by atoms with van der Waals surface area (Å²) in [5, 5.41) is 0. The van der Waals surface area contributed by atoms with E-state index in [4.69, 9.17) is 4.74 Å². The van der Waals surface area contributed by atoms with Crippen LogP contribution in [0.4, 0.5) is 0 Å². The Morgan fingerprint density at radius 2 is 1.76 bits per heavy atom. The Hall–Kier alpha value is -0.120. The average Bonchev–Trinajstić information content (AvgIpc) is 2.35. The van der Waals surface area contributed by atoms with Crippen LogP contribution >= 0.6 is 0 Å². The standard InChI is InChI=1S/C12H24N2O.C2H6/c1-11-3-5-14(6-4-11)10-12-9-13(2)7-8-15-12;1-2/h11-12H,3-10H2,1-2H3;1-2H3. The average molecular weight is 242 g/mol. The monoisotopic (exact) mass is 242 g/mol. The molecule has 2 heterocycles. The van der Waals surface area contributed by atoms with Crippen LogP contribution in [0.15, 0.2) is 0 Å². The van der Waals surface area contributed by atoms with Crippen molar-refractivity contribution in [2.45, 2.75) is 39.7 Å². The molecule has 3 heteroatoms. The second-order valence-corrected chi connectivity index (χ2v) is 5.24. The van der Waals surface area contributed by atoms with Gasteiger partial charge in [0.2, 0.25) is 0 Å². The molecule has 3 nitrogen and oxygen atoms in total. The van der Waals surface area contributed by atoms with Crippen LogP contribution in [-0.2, 0) is 4.74 Å². The predicted molar refractivity (Wildman–Crippen MR) is 73.4 cm³/mol. The Morgan fingerprint density at radius 3 is 2.35 bits per heavy atom. The van der Waals surface area contributed by atoms with Crippen LogP contribution in [-0.4, -0.2) is 62.3 Å². The van der Waals surface area contributed by atoms with Crippen molar-refractivity contribution in [2.75, 3.05) is 46.4 Å². The summed E-state index contributed by atoms with van der Waals surface area (Å²) in [4.78, 5) is 4.95. The summed E-state index contributed by atoms with van der Waals surface area (Å²) in [6.45, 7) is 13.1. The molecule has 0 aromatic heterocycles. The highest BCUT2D eigenvalue weighted by Crippen LogP contribution is 2.17. The molecule has 0 radical (unpaired) electrons. The lowest BCUT2D eigenvalue weighted by Gasteiger charge is -2.36. The van der Waals surface area contributed by atoms with Crippen LogP contribution in [0, 0.1) is 5.92 Å². The van der Waals surface area contributed by atoms with Crippen molar-refractivity contribution < 1.29 is 4.74 Å². The van der Waals surface area contributed by atoms with E-state index in [9.17, 15) is 0 Å². The summed E-state index contributed by atoms with van der Waals surface area (Å²) in [7, 11) is 2.19. The Morgan fingerprint density at radius 1 is 1.12 bits per heavy atom. The van der Waals surface area contributed by atoms with Crippen LogP contribution in [0.2, 0.25) is 0 Å². The van der Waals surface area contributed by atoms with E-state index < -0.39 is 0 Å². The van der Waals surface area contributed by atoms with Crippen molar-refractivity contribution in [3.05, 3.63) is 0 Å². The van der Waals surface area contributed by atoms with Crippen LogP contribution in [0.25, 0.3) is 0 Å². The van der Waals surface area contributed by atoms with Crippen molar-refractivity contribution in [1.29, 1.82) is 0 Å². The SMILES string of the molecule is CC.CC1CCN(CC2CN(C)CCO2)CC1. The molecule has 2 aliphatic rings. The molecule has 0 N–H and O–H groups in total. The van der Waals surface area contributed by atoms with Crippen molar-refractivity contribution >= 4 is 0 Å². The van der Waals surface area contributed by atoms with Crippen molar-refractivity contribution in [3.63, 3.8) is 0 Å². The molecule has 17 heavy (non-hydrogen) atoms. The summed E-state index contributed by atoms with van der Waals surface area (Å²) in [5.74, 6) is 0.927. The van der Waals surface area contributed by atoms with Gasteiger partial charge in [-0.3, -0.25) is 0 Å². The molecule has 0 spiro atoms. The van der Waals surface area contributed by atoms with E-state index in [-0.39, 0.29) is 0 Å². The highest BCUT2D eigenvalue weighted by molar-refractivity contribution is 4.76. The first kappa shape index (κ1) is 14.9. The van der Waals surface area contributed by atoms with E-state index >= 15 is 0 Å². The van der Waals surface area contributed by atoms with E-state index in [1.807, 2.05) is 13.8 Å². The summed E-state index contributed by atoms with van der Waals surface area (Å²) in [5.41, 5.74) is 0. The van der Waals surface area contributed by atoms with E-state index in [1.165, 1.54) is 25.9 Å². The molecule has 1 atom stereocenters. The molecule has 0 amide bonds. The molecule has 2 fully saturated rings. The van der Waals surface area contributed by atoms with Crippen molar-refractivity contribution in [1.82, 2.24) is 9.80 Å². The first-order valence-corrected chi connectivity index (χ1v) is 7.26. The van der Waals surface area contributed by atoms with Gasteiger partial charge in [-0.25, -0.2) is 0 Å². The third-order valence-electron chi connectivity index (χ3n) is 3.68. The zero-order chi connectivity index (χ0) is 12.7. The number of ether oxygens (including phenoxy) is 1. The van der Waals surface area contributed by atoms with E-state index in [2.05, 4.69) is 23.8 Å². The molecule has 2 saturated heterocycles. The molecule has 2 rings (SSSR count). The largest absolute Gasteiger partial charge is 0.374 e. The van der Waals surface area contributed by atoms with E-state index in [0.717, 1.165) is 32.2 Å². The minimum atomic E-state index is 0.442. The van der Waals surface area contributed by atoms with Crippen LogP contribution < -0.4 is 0 Å². The Balaban J connectivity index is 0.000000686. The number of piperidine rings is 1. The molecule has 0 aromatic rings.